The maximum absolute atomic E-state index is 10.8. The normalized spacial score (nSPS) is 10.8. The van der Waals surface area contributed by atoms with Crippen LogP contribution in [0.3, 0.4) is 0 Å². The highest BCUT2D eigenvalue weighted by atomic mass is 35.5. The summed E-state index contributed by atoms with van der Waals surface area (Å²) in [6, 6.07) is 3.26. The van der Waals surface area contributed by atoms with Crippen molar-refractivity contribution in [1.82, 2.24) is 0 Å². The lowest BCUT2D eigenvalue weighted by Gasteiger charge is -1.93. The number of furan rings is 1. The summed E-state index contributed by atoms with van der Waals surface area (Å²) in [5, 5.41) is 1.57. The predicted molar refractivity (Wildman–Crippen MR) is 56.4 cm³/mol. The Morgan fingerprint density at radius 3 is 2.71 bits per heavy atom. The van der Waals surface area contributed by atoms with Crippen LogP contribution in [0.15, 0.2) is 16.5 Å². The highest BCUT2D eigenvalue weighted by Crippen LogP contribution is 2.32. The van der Waals surface area contributed by atoms with E-state index >= 15 is 0 Å². The van der Waals surface area contributed by atoms with Crippen molar-refractivity contribution < 1.29 is 9.21 Å². The fraction of sp³-hybridized carbons (Fsp3) is 0.100. The van der Waals surface area contributed by atoms with Gasteiger partial charge in [0.25, 0.3) is 0 Å². The van der Waals surface area contributed by atoms with Gasteiger partial charge in [-0.1, -0.05) is 23.2 Å². The minimum atomic E-state index is 0.420. The van der Waals surface area contributed by atoms with E-state index in [1.165, 1.54) is 0 Å². The summed E-state index contributed by atoms with van der Waals surface area (Å²) in [5.41, 5.74) is 1.01. The second-order valence-electron chi connectivity index (χ2n) is 2.95. The van der Waals surface area contributed by atoms with Gasteiger partial charge in [-0.25, -0.2) is 0 Å². The van der Waals surface area contributed by atoms with Gasteiger partial charge in [-0.3, -0.25) is 4.79 Å². The summed E-state index contributed by atoms with van der Waals surface area (Å²) >= 11 is 11.7. The van der Waals surface area contributed by atoms with Gasteiger partial charge in [-0.2, -0.15) is 0 Å². The standard InChI is InChI=1S/C10H6Cl2O2/c1-5-8(4-13)7-2-6(11)3-9(12)10(7)14-5/h2-4H,1H3. The number of aryl methyl sites for hydroxylation is 1. The molecule has 1 aromatic heterocycles. The third-order valence-corrected chi connectivity index (χ3v) is 2.55. The smallest absolute Gasteiger partial charge is 0.154 e. The first-order valence-electron chi connectivity index (χ1n) is 3.97. The van der Waals surface area contributed by atoms with E-state index < -0.39 is 0 Å². The summed E-state index contributed by atoms with van der Waals surface area (Å²) in [5.74, 6) is 0.555. The first-order chi connectivity index (χ1) is 6.63. The van der Waals surface area contributed by atoms with E-state index in [4.69, 9.17) is 27.6 Å². The largest absolute Gasteiger partial charge is 0.459 e. The molecule has 1 aromatic carbocycles. The molecule has 1 heterocycles. The van der Waals surface area contributed by atoms with Gasteiger partial charge in [-0.05, 0) is 19.1 Å². The van der Waals surface area contributed by atoms with Gasteiger partial charge in [-0.15, -0.1) is 0 Å². The SMILES string of the molecule is Cc1oc2c(Cl)cc(Cl)cc2c1C=O. The first-order valence-corrected chi connectivity index (χ1v) is 4.72. The zero-order chi connectivity index (χ0) is 10.3. The molecule has 2 aromatic rings. The number of hydrogen-bond acceptors (Lipinski definition) is 2. The average Bonchev–Trinajstić information content (AvgIpc) is 2.41. The lowest BCUT2D eigenvalue weighted by atomic mass is 10.1. The highest BCUT2D eigenvalue weighted by molar-refractivity contribution is 6.38. The number of rotatable bonds is 1. The molecule has 2 nitrogen and oxygen atoms in total. The van der Waals surface area contributed by atoms with Gasteiger partial charge < -0.3 is 4.42 Å². The molecule has 2 rings (SSSR count). The number of benzene rings is 1. The molecule has 0 atom stereocenters. The van der Waals surface area contributed by atoms with Gasteiger partial charge in [0.2, 0.25) is 0 Å². The Labute approximate surface area is 90.4 Å². The van der Waals surface area contributed by atoms with Gasteiger partial charge in [0.1, 0.15) is 5.76 Å². The molecule has 4 heteroatoms. The third-order valence-electron chi connectivity index (χ3n) is 2.05. The number of fused-ring (bicyclic) bond motifs is 1. The van der Waals surface area contributed by atoms with E-state index in [0.717, 1.165) is 6.29 Å². The molecule has 0 fully saturated rings. The fourth-order valence-electron chi connectivity index (χ4n) is 1.41. The quantitative estimate of drug-likeness (QED) is 0.695. The predicted octanol–water partition coefficient (Wildman–Crippen LogP) is 3.86. The Balaban J connectivity index is 2.94. The van der Waals surface area contributed by atoms with E-state index in [1.54, 1.807) is 19.1 Å². The van der Waals surface area contributed by atoms with Gasteiger partial charge in [0.05, 0.1) is 10.6 Å². The molecule has 0 amide bonds. The Morgan fingerprint density at radius 1 is 1.36 bits per heavy atom. The molecule has 14 heavy (non-hydrogen) atoms. The Bertz CT molecular complexity index is 514. The Kier molecular flexibility index (Phi) is 2.25. The number of carbonyl (C=O) groups excluding carboxylic acids is 1. The molecule has 72 valence electrons. The first kappa shape index (κ1) is 9.56. The Hall–Kier alpha value is -0.990. The topological polar surface area (TPSA) is 30.2 Å². The van der Waals surface area contributed by atoms with E-state index in [9.17, 15) is 4.79 Å². The van der Waals surface area contributed by atoms with Crippen molar-refractivity contribution in [3.05, 3.63) is 33.5 Å². The minimum absolute atomic E-state index is 0.420. The number of hydrogen-bond donors (Lipinski definition) is 0. The third kappa shape index (κ3) is 1.31. The minimum Gasteiger partial charge on any atom is -0.459 e. The Morgan fingerprint density at radius 2 is 2.07 bits per heavy atom. The number of halogens is 2. The van der Waals surface area contributed by atoms with Gasteiger partial charge >= 0.3 is 0 Å². The lowest BCUT2D eigenvalue weighted by molar-refractivity contribution is 0.112. The van der Waals surface area contributed by atoms with Crippen molar-refractivity contribution in [3.8, 4) is 0 Å². The average molecular weight is 229 g/mol. The molecule has 0 aliphatic rings. The summed E-state index contributed by atoms with van der Waals surface area (Å²) in [4.78, 5) is 10.8. The summed E-state index contributed by atoms with van der Waals surface area (Å²) in [7, 11) is 0. The van der Waals surface area contributed by atoms with Gasteiger partial charge in [0.15, 0.2) is 11.9 Å². The number of carbonyl (C=O) groups is 1. The van der Waals surface area contributed by atoms with Crippen molar-refractivity contribution in [1.29, 1.82) is 0 Å². The molecule has 0 unspecified atom stereocenters. The monoisotopic (exact) mass is 228 g/mol. The molecule has 0 saturated heterocycles. The van der Waals surface area contributed by atoms with Crippen molar-refractivity contribution in [2.24, 2.45) is 0 Å². The maximum atomic E-state index is 10.8. The molecule has 0 N–H and O–H groups in total. The summed E-state index contributed by atoms with van der Waals surface area (Å²) in [6.45, 7) is 1.72. The van der Waals surface area contributed by atoms with Crippen LogP contribution >= 0.6 is 23.2 Å². The van der Waals surface area contributed by atoms with Crippen LogP contribution in [0.1, 0.15) is 16.1 Å². The second-order valence-corrected chi connectivity index (χ2v) is 3.80. The summed E-state index contributed by atoms with van der Waals surface area (Å²) in [6.07, 6.45) is 0.744. The number of aldehydes is 1. The molecule has 0 spiro atoms. The fourth-order valence-corrected chi connectivity index (χ4v) is 1.94. The molecule has 0 aliphatic heterocycles. The van der Waals surface area contributed by atoms with Crippen LogP contribution < -0.4 is 0 Å². The van der Waals surface area contributed by atoms with E-state index in [0.29, 0.717) is 32.3 Å². The highest BCUT2D eigenvalue weighted by Gasteiger charge is 2.13. The van der Waals surface area contributed by atoms with Crippen LogP contribution in [0.25, 0.3) is 11.0 Å². The van der Waals surface area contributed by atoms with Crippen molar-refractivity contribution in [2.45, 2.75) is 6.92 Å². The van der Waals surface area contributed by atoms with E-state index in [2.05, 4.69) is 0 Å². The van der Waals surface area contributed by atoms with E-state index in [1.807, 2.05) is 0 Å². The molecule has 0 saturated carbocycles. The van der Waals surface area contributed by atoms with Crippen LogP contribution in [-0.2, 0) is 0 Å². The zero-order valence-electron chi connectivity index (χ0n) is 7.30. The van der Waals surface area contributed by atoms with Crippen molar-refractivity contribution in [2.75, 3.05) is 0 Å². The molecule has 0 radical (unpaired) electrons. The second kappa shape index (κ2) is 3.30. The molecular formula is C10H6Cl2O2. The summed E-state index contributed by atoms with van der Waals surface area (Å²) < 4.78 is 5.35. The van der Waals surface area contributed by atoms with Crippen LogP contribution in [0.2, 0.25) is 10.0 Å². The van der Waals surface area contributed by atoms with Crippen LogP contribution in [0.4, 0.5) is 0 Å². The molecular weight excluding hydrogens is 223 g/mol. The van der Waals surface area contributed by atoms with Crippen LogP contribution in [-0.4, -0.2) is 6.29 Å². The van der Waals surface area contributed by atoms with E-state index in [-0.39, 0.29) is 0 Å². The molecule has 0 aliphatic carbocycles. The lowest BCUT2D eigenvalue weighted by Crippen LogP contribution is -1.79. The van der Waals surface area contributed by atoms with Gasteiger partial charge in [0, 0.05) is 10.4 Å². The zero-order valence-corrected chi connectivity index (χ0v) is 8.82. The van der Waals surface area contributed by atoms with Crippen LogP contribution in [0.5, 0.6) is 0 Å². The van der Waals surface area contributed by atoms with Crippen molar-refractivity contribution in [3.63, 3.8) is 0 Å². The molecule has 0 bridgehead atoms. The van der Waals surface area contributed by atoms with Crippen molar-refractivity contribution >= 4 is 40.5 Å². The maximum Gasteiger partial charge on any atom is 0.154 e. The van der Waals surface area contributed by atoms with Crippen LogP contribution in [0, 0.1) is 6.92 Å².